The van der Waals surface area contributed by atoms with Gasteiger partial charge in [-0.3, -0.25) is 9.52 Å². The summed E-state index contributed by atoms with van der Waals surface area (Å²) in [7, 11) is -0.876. The fourth-order valence-electron chi connectivity index (χ4n) is 2.48. The Morgan fingerprint density at radius 3 is 2.33 bits per heavy atom. The number of carboxylic acid groups (broad SMARTS) is 1. The van der Waals surface area contributed by atoms with Gasteiger partial charge >= 0.3 is 5.97 Å². The molecule has 164 valence electrons. The maximum absolute atomic E-state index is 12.8. The van der Waals surface area contributed by atoms with Gasteiger partial charge in [-0.05, 0) is 42.0 Å². The molecule has 0 amide bonds. The standard InChI is InChI=1S/C20H25NO8S/c1-26-9-10-28-11-12-29-19-8-3-15(14-20(22)23)13-18(19)21-30(24,25)17-6-4-16(27-2)5-7-17/h3-8,13,21H,9-12,14H2,1-2H3,(H,22,23). The normalized spacial score (nSPS) is 11.1. The molecule has 0 bridgehead atoms. The third-order valence-electron chi connectivity index (χ3n) is 3.93. The Balaban J connectivity index is 2.19. The van der Waals surface area contributed by atoms with Gasteiger partial charge in [0.25, 0.3) is 10.0 Å². The highest BCUT2D eigenvalue weighted by Crippen LogP contribution is 2.29. The number of benzene rings is 2. The van der Waals surface area contributed by atoms with Crippen LogP contribution in [0, 0.1) is 0 Å². The summed E-state index contributed by atoms with van der Waals surface area (Å²) < 4.78 is 48.9. The van der Waals surface area contributed by atoms with Crippen molar-refractivity contribution in [3.05, 3.63) is 48.0 Å². The first-order chi connectivity index (χ1) is 14.4. The molecule has 0 radical (unpaired) electrons. The molecule has 0 aromatic heterocycles. The number of sulfonamides is 1. The van der Waals surface area contributed by atoms with E-state index >= 15 is 0 Å². The van der Waals surface area contributed by atoms with Crippen LogP contribution in [0.5, 0.6) is 11.5 Å². The second kappa shape index (κ2) is 11.4. The number of hydrogen-bond acceptors (Lipinski definition) is 7. The highest BCUT2D eigenvalue weighted by atomic mass is 32.2. The highest BCUT2D eigenvalue weighted by Gasteiger charge is 2.18. The second-order valence-corrected chi connectivity index (χ2v) is 7.82. The largest absolute Gasteiger partial charge is 0.497 e. The van der Waals surface area contributed by atoms with Gasteiger partial charge in [-0.15, -0.1) is 0 Å². The molecule has 0 atom stereocenters. The molecule has 0 saturated heterocycles. The number of aliphatic carboxylic acids is 1. The van der Waals surface area contributed by atoms with Gasteiger partial charge in [0.15, 0.2) is 0 Å². The van der Waals surface area contributed by atoms with Gasteiger partial charge in [0, 0.05) is 7.11 Å². The first kappa shape index (κ1) is 23.5. The minimum atomic E-state index is -3.93. The van der Waals surface area contributed by atoms with E-state index in [-0.39, 0.29) is 36.0 Å². The van der Waals surface area contributed by atoms with Crippen molar-refractivity contribution in [2.45, 2.75) is 11.3 Å². The fraction of sp³-hybridized carbons (Fsp3) is 0.350. The van der Waals surface area contributed by atoms with Crippen molar-refractivity contribution in [1.82, 2.24) is 0 Å². The van der Waals surface area contributed by atoms with Crippen molar-refractivity contribution in [2.24, 2.45) is 0 Å². The van der Waals surface area contributed by atoms with Crippen molar-refractivity contribution in [3.63, 3.8) is 0 Å². The minimum Gasteiger partial charge on any atom is -0.497 e. The second-order valence-electron chi connectivity index (χ2n) is 6.14. The SMILES string of the molecule is COCCOCCOc1ccc(CC(=O)O)cc1NS(=O)(=O)c1ccc(OC)cc1. The lowest BCUT2D eigenvalue weighted by Gasteiger charge is -2.15. The van der Waals surface area contributed by atoms with Crippen LogP contribution in [-0.2, 0) is 30.7 Å². The molecule has 0 heterocycles. The summed E-state index contributed by atoms with van der Waals surface area (Å²) in [6, 6.07) is 10.4. The predicted molar refractivity (Wildman–Crippen MR) is 110 cm³/mol. The Labute approximate surface area is 175 Å². The van der Waals surface area contributed by atoms with Crippen LogP contribution in [0.15, 0.2) is 47.4 Å². The van der Waals surface area contributed by atoms with Gasteiger partial charge in [0.05, 0.1) is 43.9 Å². The average Bonchev–Trinajstić information content (AvgIpc) is 2.71. The Morgan fingerprint density at radius 2 is 1.70 bits per heavy atom. The van der Waals surface area contributed by atoms with Crippen molar-refractivity contribution < 1.29 is 37.3 Å². The van der Waals surface area contributed by atoms with E-state index in [1.54, 1.807) is 13.2 Å². The first-order valence-electron chi connectivity index (χ1n) is 9.07. The molecular weight excluding hydrogens is 414 g/mol. The third kappa shape index (κ3) is 7.21. The molecule has 2 rings (SSSR count). The molecule has 2 aromatic carbocycles. The van der Waals surface area contributed by atoms with Crippen LogP contribution < -0.4 is 14.2 Å². The Bertz CT molecular complexity index is 928. The Hall–Kier alpha value is -2.82. The van der Waals surface area contributed by atoms with E-state index in [2.05, 4.69) is 4.72 Å². The van der Waals surface area contributed by atoms with Crippen LogP contribution in [0.1, 0.15) is 5.56 Å². The number of anilines is 1. The molecule has 30 heavy (non-hydrogen) atoms. The molecule has 0 unspecified atom stereocenters. The summed E-state index contributed by atoms with van der Waals surface area (Å²) in [5, 5.41) is 9.02. The number of methoxy groups -OCH3 is 2. The van der Waals surface area contributed by atoms with Crippen molar-refractivity contribution >= 4 is 21.7 Å². The van der Waals surface area contributed by atoms with Crippen LogP contribution >= 0.6 is 0 Å². The van der Waals surface area contributed by atoms with Crippen molar-refractivity contribution in [3.8, 4) is 11.5 Å². The van der Waals surface area contributed by atoms with Gasteiger partial charge in [0.2, 0.25) is 0 Å². The molecule has 10 heteroatoms. The molecule has 0 spiro atoms. The van der Waals surface area contributed by atoms with Crippen LogP contribution in [-0.4, -0.2) is 60.1 Å². The van der Waals surface area contributed by atoms with E-state index in [0.29, 0.717) is 24.5 Å². The highest BCUT2D eigenvalue weighted by molar-refractivity contribution is 7.92. The van der Waals surface area contributed by atoms with E-state index in [4.69, 9.17) is 24.1 Å². The lowest BCUT2D eigenvalue weighted by atomic mass is 10.1. The smallest absolute Gasteiger partial charge is 0.307 e. The van der Waals surface area contributed by atoms with Gasteiger partial charge < -0.3 is 24.1 Å². The number of ether oxygens (including phenoxy) is 4. The topological polar surface area (TPSA) is 120 Å². The number of carboxylic acids is 1. The average molecular weight is 439 g/mol. The lowest BCUT2D eigenvalue weighted by molar-refractivity contribution is -0.136. The number of rotatable bonds is 13. The van der Waals surface area contributed by atoms with E-state index in [9.17, 15) is 13.2 Å². The summed E-state index contributed by atoms with van der Waals surface area (Å²) in [4.78, 5) is 11.0. The van der Waals surface area contributed by atoms with Crippen LogP contribution in [0.25, 0.3) is 0 Å². The first-order valence-corrected chi connectivity index (χ1v) is 10.5. The van der Waals surface area contributed by atoms with Crippen LogP contribution in [0.2, 0.25) is 0 Å². The van der Waals surface area contributed by atoms with E-state index in [1.807, 2.05) is 0 Å². The van der Waals surface area contributed by atoms with Gasteiger partial charge in [-0.25, -0.2) is 8.42 Å². The number of nitrogens with one attached hydrogen (secondary N) is 1. The van der Waals surface area contributed by atoms with Crippen molar-refractivity contribution in [1.29, 1.82) is 0 Å². The minimum absolute atomic E-state index is 0.0285. The zero-order valence-corrected chi connectivity index (χ0v) is 17.6. The third-order valence-corrected chi connectivity index (χ3v) is 5.31. The quantitative estimate of drug-likeness (QED) is 0.456. The van der Waals surface area contributed by atoms with Gasteiger partial charge in [-0.2, -0.15) is 0 Å². The van der Waals surface area contributed by atoms with Gasteiger partial charge in [-0.1, -0.05) is 6.07 Å². The van der Waals surface area contributed by atoms with Gasteiger partial charge in [0.1, 0.15) is 18.1 Å². The summed E-state index contributed by atoms with van der Waals surface area (Å²) in [5.74, 6) is -0.245. The van der Waals surface area contributed by atoms with Crippen LogP contribution in [0.3, 0.4) is 0 Å². The molecule has 2 N–H and O–H groups in total. The summed E-state index contributed by atoms with van der Waals surface area (Å²) >= 11 is 0. The van der Waals surface area contributed by atoms with E-state index in [1.165, 1.54) is 43.5 Å². The Morgan fingerprint density at radius 1 is 1.00 bits per heavy atom. The fourth-order valence-corrected chi connectivity index (χ4v) is 3.54. The maximum Gasteiger partial charge on any atom is 0.307 e. The number of hydrogen-bond donors (Lipinski definition) is 2. The zero-order valence-electron chi connectivity index (χ0n) is 16.8. The Kier molecular flexibility index (Phi) is 8.90. The molecule has 0 aliphatic rings. The van der Waals surface area contributed by atoms with E-state index < -0.39 is 16.0 Å². The summed E-state index contributed by atoms with van der Waals surface area (Å²) in [6.45, 7) is 1.33. The summed E-state index contributed by atoms with van der Waals surface area (Å²) in [5.41, 5.74) is 0.570. The molecule has 0 saturated carbocycles. The van der Waals surface area contributed by atoms with E-state index in [0.717, 1.165) is 0 Å². The van der Waals surface area contributed by atoms with Crippen LogP contribution in [0.4, 0.5) is 5.69 Å². The number of carbonyl (C=O) groups is 1. The molecule has 2 aromatic rings. The monoisotopic (exact) mass is 439 g/mol. The zero-order chi connectivity index (χ0) is 22.0. The molecule has 0 aliphatic heterocycles. The molecule has 0 aliphatic carbocycles. The molecule has 0 fully saturated rings. The maximum atomic E-state index is 12.8. The van der Waals surface area contributed by atoms with Crippen molar-refractivity contribution in [2.75, 3.05) is 45.4 Å². The predicted octanol–water partition coefficient (Wildman–Crippen LogP) is 2.16. The lowest BCUT2D eigenvalue weighted by Crippen LogP contribution is -2.15. The molecular formula is C20H25NO8S. The summed E-state index contributed by atoms with van der Waals surface area (Å²) in [6.07, 6.45) is -0.252. The molecule has 9 nitrogen and oxygen atoms in total.